The maximum absolute atomic E-state index is 6.21. The molecule has 0 aromatic heterocycles. The zero-order valence-corrected chi connectivity index (χ0v) is 16.4. The first-order valence-electron chi connectivity index (χ1n) is 9.35. The zero-order valence-electron chi connectivity index (χ0n) is 16.4. The van der Waals surface area contributed by atoms with Crippen molar-refractivity contribution >= 4 is 0 Å². The molecule has 0 saturated carbocycles. The fourth-order valence-corrected chi connectivity index (χ4v) is 4.01. The van der Waals surface area contributed by atoms with Crippen molar-refractivity contribution in [2.75, 3.05) is 32.8 Å². The maximum Gasteiger partial charge on any atom is 0.0678 e. The molecule has 2 fully saturated rings. The number of rotatable bonds is 3. The van der Waals surface area contributed by atoms with Crippen LogP contribution in [0.3, 0.4) is 0 Å². The summed E-state index contributed by atoms with van der Waals surface area (Å²) >= 11 is 0. The Kier molecular flexibility index (Phi) is 6.15. The van der Waals surface area contributed by atoms with E-state index in [0.29, 0.717) is 18.3 Å². The van der Waals surface area contributed by atoms with E-state index in [1.807, 2.05) is 0 Å². The molecule has 0 spiro atoms. The second kappa shape index (κ2) is 7.38. The van der Waals surface area contributed by atoms with E-state index >= 15 is 0 Å². The molecule has 0 aliphatic carbocycles. The van der Waals surface area contributed by atoms with E-state index in [1.165, 1.54) is 0 Å². The van der Waals surface area contributed by atoms with Gasteiger partial charge in [0.2, 0.25) is 0 Å². The van der Waals surface area contributed by atoms with Crippen molar-refractivity contribution in [2.24, 2.45) is 0 Å². The topological polar surface area (TPSA) is 24.9 Å². The largest absolute Gasteiger partial charge is 0.377 e. The minimum absolute atomic E-state index is 0.161. The number of morpholine rings is 1. The molecule has 4 heteroatoms. The minimum atomic E-state index is 0.161. The van der Waals surface area contributed by atoms with Crippen LogP contribution >= 0.6 is 0 Å². The molecule has 2 aliphatic heterocycles. The molecule has 0 N–H and O–H groups in total. The highest BCUT2D eigenvalue weighted by molar-refractivity contribution is 4.90. The third-order valence-electron chi connectivity index (χ3n) is 5.39. The summed E-state index contributed by atoms with van der Waals surface area (Å²) in [7, 11) is 0. The highest BCUT2D eigenvalue weighted by Gasteiger charge is 2.36. The number of hydrogen-bond donors (Lipinski definition) is 0. The Morgan fingerprint density at radius 2 is 1.52 bits per heavy atom. The Bertz CT molecular complexity index is 368. The van der Waals surface area contributed by atoms with Crippen LogP contribution in [0.1, 0.15) is 61.3 Å². The molecular formula is C19H38N2O2. The first-order valence-corrected chi connectivity index (χ1v) is 9.35. The van der Waals surface area contributed by atoms with E-state index < -0.39 is 0 Å². The number of nitrogens with zero attached hydrogens (tertiary/aromatic N) is 2. The van der Waals surface area contributed by atoms with Crippen LogP contribution in [0.5, 0.6) is 0 Å². The average Bonchev–Trinajstić information content (AvgIpc) is 2.62. The molecule has 0 radical (unpaired) electrons. The molecule has 0 aromatic carbocycles. The first kappa shape index (κ1) is 19.2. The lowest BCUT2D eigenvalue weighted by molar-refractivity contribution is -0.105. The van der Waals surface area contributed by atoms with Crippen LogP contribution < -0.4 is 0 Å². The fourth-order valence-electron chi connectivity index (χ4n) is 4.01. The Morgan fingerprint density at radius 1 is 0.913 bits per heavy atom. The molecule has 3 atom stereocenters. The molecule has 136 valence electrons. The zero-order chi connectivity index (χ0) is 17.3. The summed E-state index contributed by atoms with van der Waals surface area (Å²) in [5.41, 5.74) is 0.400. The fraction of sp³-hybridized carbons (Fsp3) is 1.00. The minimum Gasteiger partial charge on any atom is -0.377 e. The van der Waals surface area contributed by atoms with Gasteiger partial charge in [-0.3, -0.25) is 9.80 Å². The molecule has 2 saturated heterocycles. The molecule has 0 amide bonds. The Hall–Kier alpha value is -0.160. The first-order chi connectivity index (χ1) is 10.6. The Morgan fingerprint density at radius 3 is 2.09 bits per heavy atom. The maximum atomic E-state index is 6.21. The van der Waals surface area contributed by atoms with Gasteiger partial charge in [-0.25, -0.2) is 0 Å². The van der Waals surface area contributed by atoms with E-state index in [4.69, 9.17) is 9.47 Å². The summed E-state index contributed by atoms with van der Waals surface area (Å²) in [5.74, 6) is 0. The van der Waals surface area contributed by atoms with Crippen molar-refractivity contribution in [3.63, 3.8) is 0 Å². The highest BCUT2D eigenvalue weighted by atomic mass is 16.5. The predicted molar refractivity (Wildman–Crippen MR) is 96.0 cm³/mol. The third kappa shape index (κ3) is 5.42. The van der Waals surface area contributed by atoms with Crippen LogP contribution in [0.25, 0.3) is 0 Å². The molecule has 4 nitrogen and oxygen atoms in total. The van der Waals surface area contributed by atoms with E-state index in [-0.39, 0.29) is 11.1 Å². The lowest BCUT2D eigenvalue weighted by Gasteiger charge is -2.46. The Balaban J connectivity index is 1.92. The molecule has 23 heavy (non-hydrogen) atoms. The van der Waals surface area contributed by atoms with Gasteiger partial charge in [0.15, 0.2) is 0 Å². The molecule has 0 bridgehead atoms. The van der Waals surface area contributed by atoms with Gasteiger partial charge in [0.1, 0.15) is 0 Å². The van der Waals surface area contributed by atoms with Crippen molar-refractivity contribution in [1.82, 2.24) is 9.80 Å². The molecule has 2 aliphatic rings. The van der Waals surface area contributed by atoms with Crippen molar-refractivity contribution in [2.45, 2.75) is 90.7 Å². The summed E-state index contributed by atoms with van der Waals surface area (Å²) in [5, 5.41) is 0. The number of ether oxygens (including phenoxy) is 2. The molecular weight excluding hydrogens is 288 g/mol. The van der Waals surface area contributed by atoms with E-state index in [2.05, 4.69) is 58.3 Å². The third-order valence-corrected chi connectivity index (χ3v) is 5.39. The normalized spacial score (nSPS) is 32.7. The van der Waals surface area contributed by atoms with Gasteiger partial charge >= 0.3 is 0 Å². The average molecular weight is 327 g/mol. The quantitative estimate of drug-likeness (QED) is 0.795. The lowest BCUT2D eigenvalue weighted by Crippen LogP contribution is -2.55. The van der Waals surface area contributed by atoms with Crippen LogP contribution in [0.15, 0.2) is 0 Å². The van der Waals surface area contributed by atoms with Gasteiger partial charge in [-0.05, 0) is 61.3 Å². The van der Waals surface area contributed by atoms with Gasteiger partial charge in [-0.2, -0.15) is 0 Å². The number of hydrogen-bond acceptors (Lipinski definition) is 4. The van der Waals surface area contributed by atoms with Gasteiger partial charge in [-0.1, -0.05) is 0 Å². The van der Waals surface area contributed by atoms with Crippen LogP contribution in [0.4, 0.5) is 0 Å². The summed E-state index contributed by atoms with van der Waals surface area (Å²) in [4.78, 5) is 5.15. The van der Waals surface area contributed by atoms with E-state index in [9.17, 15) is 0 Å². The summed E-state index contributed by atoms with van der Waals surface area (Å²) < 4.78 is 12.1. The van der Waals surface area contributed by atoms with Crippen molar-refractivity contribution in [1.29, 1.82) is 0 Å². The Labute approximate surface area is 143 Å². The second-order valence-corrected chi connectivity index (χ2v) is 9.12. The van der Waals surface area contributed by atoms with Gasteiger partial charge in [-0.15, -0.1) is 0 Å². The van der Waals surface area contributed by atoms with Crippen molar-refractivity contribution in [3.05, 3.63) is 0 Å². The molecule has 2 rings (SSSR count). The lowest BCUT2D eigenvalue weighted by atomic mass is 9.91. The standard InChI is InChI=1S/C19H38N2O2/c1-15-13-21(14-16(2)23-15)19(6,7)12-17-8-9-20(10-11-22-17)18(3,4)5/h15-17H,8-14H2,1-7H3/t15-,16+,17?. The van der Waals surface area contributed by atoms with Crippen LogP contribution in [0.2, 0.25) is 0 Å². The monoisotopic (exact) mass is 326 g/mol. The van der Waals surface area contributed by atoms with Crippen LogP contribution in [0, 0.1) is 0 Å². The van der Waals surface area contributed by atoms with Gasteiger partial charge < -0.3 is 9.47 Å². The van der Waals surface area contributed by atoms with Crippen molar-refractivity contribution < 1.29 is 9.47 Å². The predicted octanol–water partition coefficient (Wildman–Crippen LogP) is 3.15. The van der Waals surface area contributed by atoms with Gasteiger partial charge in [0.25, 0.3) is 0 Å². The molecule has 0 aromatic rings. The van der Waals surface area contributed by atoms with Crippen molar-refractivity contribution in [3.8, 4) is 0 Å². The van der Waals surface area contributed by atoms with Crippen LogP contribution in [-0.2, 0) is 9.47 Å². The SMILES string of the molecule is C[C@@H]1CN(C(C)(C)CC2CCN(C(C)(C)C)CCO2)C[C@H](C)O1. The summed E-state index contributed by atoms with van der Waals surface area (Å²) in [6, 6.07) is 0. The summed E-state index contributed by atoms with van der Waals surface area (Å²) in [6.45, 7) is 21.1. The van der Waals surface area contributed by atoms with Gasteiger partial charge in [0.05, 0.1) is 24.9 Å². The molecule has 2 heterocycles. The highest BCUT2D eigenvalue weighted by Crippen LogP contribution is 2.28. The van der Waals surface area contributed by atoms with E-state index in [1.54, 1.807) is 0 Å². The summed E-state index contributed by atoms with van der Waals surface area (Å²) in [6.07, 6.45) is 3.25. The smallest absolute Gasteiger partial charge is 0.0678 e. The van der Waals surface area contributed by atoms with Gasteiger partial charge in [0, 0.05) is 37.3 Å². The van der Waals surface area contributed by atoms with E-state index in [0.717, 1.165) is 45.6 Å². The molecule has 1 unspecified atom stereocenters. The second-order valence-electron chi connectivity index (χ2n) is 9.12. The van der Waals surface area contributed by atoms with Crippen LogP contribution in [-0.4, -0.2) is 72.0 Å².